The first-order valence-corrected chi connectivity index (χ1v) is 1.71. The van der Waals surface area contributed by atoms with E-state index in [1.54, 1.807) is 0 Å². The largest absolute Gasteiger partial charge is 1.00 e. The van der Waals surface area contributed by atoms with E-state index in [0.717, 1.165) is 0 Å². The van der Waals surface area contributed by atoms with E-state index in [0.29, 0.717) is 0 Å². The van der Waals surface area contributed by atoms with Gasteiger partial charge >= 0.3 is 18.9 Å². The molecule has 0 atom stereocenters. The summed E-state index contributed by atoms with van der Waals surface area (Å²) in [7, 11) is -1.62. The van der Waals surface area contributed by atoms with E-state index in [9.17, 15) is 26.3 Å². The Bertz CT molecular complexity index is 80.9. The Kier molecular flexibility index (Phi) is 4.61. The number of alkyl halides is 6. The van der Waals surface area contributed by atoms with Gasteiger partial charge in [0.1, 0.15) is 0 Å². The molecule has 0 nitrogen and oxygen atoms in total. The summed E-state index contributed by atoms with van der Waals surface area (Å²) in [5.74, 6) is 0. The standard InChI is InChI=1S/C2BF6.Li/c4-1(5,6)3-2(7,8)9;/q-1;+1. The van der Waals surface area contributed by atoms with Gasteiger partial charge in [-0.15, -0.1) is 0 Å². The maximum absolute atomic E-state index is 10.8. The monoisotopic (exact) mass is 156 g/mol. The zero-order valence-electron chi connectivity index (χ0n) is 4.85. The Labute approximate surface area is 65.4 Å². The summed E-state index contributed by atoms with van der Waals surface area (Å²) >= 11 is 0. The van der Waals surface area contributed by atoms with Crippen molar-refractivity contribution < 1.29 is 45.2 Å². The molecule has 0 aliphatic carbocycles. The van der Waals surface area contributed by atoms with Crippen molar-refractivity contribution in [2.24, 2.45) is 0 Å². The van der Waals surface area contributed by atoms with Gasteiger partial charge in [0.25, 0.3) is 0 Å². The Hall–Kier alpha value is 0.242. The Morgan fingerprint density at radius 1 is 0.700 bits per heavy atom. The SMILES string of the molecule is FC(F)(F)[B-]C(F)(F)F.[Li+]. The van der Waals surface area contributed by atoms with Crippen molar-refractivity contribution in [2.45, 2.75) is 12.2 Å². The van der Waals surface area contributed by atoms with Crippen LogP contribution in [0.1, 0.15) is 0 Å². The van der Waals surface area contributed by atoms with E-state index in [4.69, 9.17) is 0 Å². The van der Waals surface area contributed by atoms with Crippen molar-refractivity contribution >= 4 is 7.28 Å². The average Bonchev–Trinajstić information content (AvgIpc) is 1.14. The summed E-state index contributed by atoms with van der Waals surface area (Å²) < 4.78 is 64.7. The molecule has 0 fully saturated rings. The number of rotatable bonds is 0. The zero-order chi connectivity index (χ0) is 7.71. The van der Waals surface area contributed by atoms with Gasteiger partial charge in [-0.25, -0.2) is 26.3 Å². The molecule has 0 saturated heterocycles. The van der Waals surface area contributed by atoms with Crippen molar-refractivity contribution in [3.63, 3.8) is 0 Å². The van der Waals surface area contributed by atoms with Crippen LogP contribution in [0.15, 0.2) is 0 Å². The second kappa shape index (κ2) is 3.58. The summed E-state index contributed by atoms with van der Waals surface area (Å²) in [4.78, 5) is 0. The second-order valence-corrected chi connectivity index (χ2v) is 1.23. The molecule has 0 spiro atoms. The van der Waals surface area contributed by atoms with Gasteiger partial charge < -0.3 is 0 Å². The van der Waals surface area contributed by atoms with Gasteiger partial charge in [0.2, 0.25) is 0 Å². The molecule has 0 amide bonds. The van der Waals surface area contributed by atoms with Crippen LogP contribution >= 0.6 is 0 Å². The fourth-order valence-electron chi connectivity index (χ4n) is 0.186. The van der Waals surface area contributed by atoms with Crippen molar-refractivity contribution in [1.82, 2.24) is 0 Å². The van der Waals surface area contributed by atoms with Crippen LogP contribution in [-0.4, -0.2) is 19.4 Å². The van der Waals surface area contributed by atoms with Gasteiger partial charge in [-0.3, -0.25) is 0 Å². The van der Waals surface area contributed by atoms with Crippen molar-refractivity contribution in [1.29, 1.82) is 0 Å². The number of hydrogen-bond acceptors (Lipinski definition) is 0. The van der Waals surface area contributed by atoms with Crippen LogP contribution in [0.5, 0.6) is 0 Å². The molecule has 0 bridgehead atoms. The Balaban J connectivity index is 0. The van der Waals surface area contributed by atoms with E-state index in [1.807, 2.05) is 0 Å². The third kappa shape index (κ3) is 11.1. The fraction of sp³-hybridized carbons (Fsp3) is 1.00. The van der Waals surface area contributed by atoms with E-state index >= 15 is 0 Å². The van der Waals surface area contributed by atoms with E-state index in [2.05, 4.69) is 0 Å². The van der Waals surface area contributed by atoms with E-state index in [1.165, 1.54) is 0 Å². The molecule has 0 aliphatic heterocycles. The molecule has 0 aliphatic rings. The normalized spacial score (nSPS) is 12.6. The summed E-state index contributed by atoms with van der Waals surface area (Å²) in [6, 6.07) is 0. The van der Waals surface area contributed by atoms with Gasteiger partial charge in [0.15, 0.2) is 12.2 Å². The average molecular weight is 156 g/mol. The van der Waals surface area contributed by atoms with Gasteiger partial charge in [0.05, 0.1) is 0 Å². The molecular formula is C2BF6Li. The molecule has 0 aromatic carbocycles. The van der Waals surface area contributed by atoms with Crippen LogP contribution in [0, 0.1) is 0 Å². The summed E-state index contributed by atoms with van der Waals surface area (Å²) in [6.45, 7) is 0. The first-order chi connectivity index (χ1) is 3.71. The minimum atomic E-state index is -5.27. The number of hydrogen-bond donors (Lipinski definition) is 0. The molecule has 0 saturated carbocycles. The predicted octanol–water partition coefficient (Wildman–Crippen LogP) is -1.27. The third-order valence-electron chi connectivity index (χ3n) is 0.327. The quantitative estimate of drug-likeness (QED) is 0.303. The molecule has 0 N–H and O–H groups in total. The van der Waals surface area contributed by atoms with Crippen molar-refractivity contribution in [2.75, 3.05) is 0 Å². The Morgan fingerprint density at radius 3 is 0.900 bits per heavy atom. The maximum atomic E-state index is 10.8. The summed E-state index contributed by atoms with van der Waals surface area (Å²) in [5.41, 5.74) is 0. The van der Waals surface area contributed by atoms with Crippen LogP contribution in [-0.2, 0) is 0 Å². The van der Waals surface area contributed by atoms with Crippen molar-refractivity contribution in [3.8, 4) is 0 Å². The molecule has 54 valence electrons. The molecule has 8 heteroatoms. The van der Waals surface area contributed by atoms with Gasteiger partial charge in [-0.1, -0.05) is 7.28 Å². The fourth-order valence-corrected chi connectivity index (χ4v) is 0.186. The molecule has 0 rings (SSSR count). The molecule has 0 unspecified atom stereocenters. The number of halogens is 6. The maximum Gasteiger partial charge on any atom is 1.00 e. The molecule has 0 heterocycles. The molecule has 0 aromatic rings. The third-order valence-corrected chi connectivity index (χ3v) is 0.327. The summed E-state index contributed by atoms with van der Waals surface area (Å²) in [6.07, 6.45) is -10.5. The van der Waals surface area contributed by atoms with Crippen LogP contribution in [0.2, 0.25) is 0 Å². The summed E-state index contributed by atoms with van der Waals surface area (Å²) in [5, 5.41) is 0. The van der Waals surface area contributed by atoms with Crippen LogP contribution in [0.3, 0.4) is 0 Å². The molecular weight excluding hydrogens is 156 g/mol. The van der Waals surface area contributed by atoms with Gasteiger partial charge in [-0.05, 0) is 0 Å². The van der Waals surface area contributed by atoms with Crippen molar-refractivity contribution in [3.05, 3.63) is 0 Å². The second-order valence-electron chi connectivity index (χ2n) is 1.23. The smallest absolute Gasteiger partial charge is 0.223 e. The zero-order valence-corrected chi connectivity index (χ0v) is 4.85. The van der Waals surface area contributed by atoms with Crippen LogP contribution in [0.4, 0.5) is 26.3 Å². The van der Waals surface area contributed by atoms with E-state index < -0.39 is 19.4 Å². The minimum absolute atomic E-state index is 0. The van der Waals surface area contributed by atoms with E-state index in [-0.39, 0.29) is 18.9 Å². The molecule has 2 radical (unpaired) electrons. The minimum Gasteiger partial charge on any atom is -0.223 e. The predicted molar refractivity (Wildman–Crippen MR) is 17.9 cm³/mol. The molecule has 0 aromatic heterocycles. The first-order valence-electron chi connectivity index (χ1n) is 1.71. The topological polar surface area (TPSA) is 0 Å². The Morgan fingerprint density at radius 2 is 0.900 bits per heavy atom. The van der Waals surface area contributed by atoms with Gasteiger partial charge in [-0.2, -0.15) is 0 Å². The van der Waals surface area contributed by atoms with Gasteiger partial charge in [0, 0.05) is 0 Å². The molecule has 10 heavy (non-hydrogen) atoms. The first kappa shape index (κ1) is 12.9. The van der Waals surface area contributed by atoms with Crippen LogP contribution < -0.4 is 18.9 Å². The van der Waals surface area contributed by atoms with Crippen LogP contribution in [0.25, 0.3) is 0 Å².